The van der Waals surface area contributed by atoms with Crippen LogP contribution in [0.2, 0.25) is 0 Å². The lowest BCUT2D eigenvalue weighted by Crippen LogP contribution is -2.35. The Morgan fingerprint density at radius 2 is 2.36 bits per heavy atom. The largest absolute Gasteiger partial charge is 0.309 e. The van der Waals surface area contributed by atoms with Crippen molar-refractivity contribution in [2.45, 2.75) is 13.0 Å². The van der Waals surface area contributed by atoms with Crippen molar-refractivity contribution >= 4 is 12.2 Å². The van der Waals surface area contributed by atoms with Crippen molar-refractivity contribution in [1.29, 1.82) is 0 Å². The minimum absolute atomic E-state index is 0.138. The maximum Gasteiger partial charge on any atom is 0.240 e. The smallest absolute Gasteiger partial charge is 0.240 e. The fourth-order valence-corrected chi connectivity index (χ4v) is 0.424. The molecule has 0 saturated heterocycles. The molecule has 5 nitrogen and oxygen atoms in total. The Hall–Kier alpha value is -0.940. The van der Waals surface area contributed by atoms with E-state index in [9.17, 15) is 9.59 Å². The summed E-state index contributed by atoms with van der Waals surface area (Å²) >= 11 is 0. The average Bonchev–Trinajstić information content (AvgIpc) is 1.98. The van der Waals surface area contributed by atoms with Gasteiger partial charge in [-0.25, -0.2) is 5.48 Å². The summed E-state index contributed by atoms with van der Waals surface area (Å²) in [6.07, 6.45) is 0.710. The van der Waals surface area contributed by atoms with Gasteiger partial charge in [0.1, 0.15) is 6.29 Å². The maximum absolute atomic E-state index is 10.3. The van der Waals surface area contributed by atoms with Gasteiger partial charge in [-0.15, -0.1) is 0 Å². The first-order chi connectivity index (χ1) is 5.20. The molecule has 0 saturated carbocycles. The van der Waals surface area contributed by atoms with Crippen LogP contribution < -0.4 is 10.8 Å². The zero-order valence-electron chi connectivity index (χ0n) is 6.59. The van der Waals surface area contributed by atoms with Gasteiger partial charge >= 0.3 is 0 Å². The van der Waals surface area contributed by atoms with Crippen LogP contribution >= 0.6 is 0 Å². The summed E-state index contributed by atoms with van der Waals surface area (Å²) in [5.41, 5.74) is 2.11. The second-order valence-corrected chi connectivity index (χ2v) is 2.00. The third-order valence-corrected chi connectivity index (χ3v) is 1.01. The minimum Gasteiger partial charge on any atom is -0.309 e. The third kappa shape index (κ3) is 5.50. The summed E-state index contributed by atoms with van der Waals surface area (Å²) in [4.78, 5) is 25.1. The van der Waals surface area contributed by atoms with E-state index in [1.165, 1.54) is 6.92 Å². The van der Waals surface area contributed by atoms with Crippen molar-refractivity contribution in [1.82, 2.24) is 10.8 Å². The van der Waals surface area contributed by atoms with Crippen LogP contribution in [-0.4, -0.2) is 31.9 Å². The lowest BCUT2D eigenvalue weighted by molar-refractivity contribution is -0.132. The van der Waals surface area contributed by atoms with Crippen LogP contribution in [-0.2, 0) is 14.4 Å². The molecule has 11 heavy (non-hydrogen) atoms. The summed E-state index contributed by atoms with van der Waals surface area (Å²) in [6, 6.07) is -0.373. The van der Waals surface area contributed by atoms with E-state index in [1.54, 1.807) is 7.05 Å². The van der Waals surface area contributed by atoms with Crippen molar-refractivity contribution < 1.29 is 14.4 Å². The Bertz CT molecular complexity index is 138. The highest BCUT2D eigenvalue weighted by Crippen LogP contribution is 1.76. The molecule has 0 heterocycles. The summed E-state index contributed by atoms with van der Waals surface area (Å²) in [7, 11) is 1.64. The molecule has 1 amide bonds. The van der Waals surface area contributed by atoms with Gasteiger partial charge in [-0.1, -0.05) is 0 Å². The normalized spacial score (nSPS) is 12.2. The van der Waals surface area contributed by atoms with E-state index in [1.807, 2.05) is 0 Å². The molecule has 0 radical (unpaired) electrons. The summed E-state index contributed by atoms with van der Waals surface area (Å²) in [5.74, 6) is -0.286. The average molecular weight is 160 g/mol. The van der Waals surface area contributed by atoms with Gasteiger partial charge in [0, 0.05) is 6.92 Å². The van der Waals surface area contributed by atoms with Gasteiger partial charge in [-0.3, -0.25) is 9.63 Å². The number of carbonyl (C=O) groups excluding carboxylic acids is 2. The molecule has 0 aromatic heterocycles. The monoisotopic (exact) mass is 160 g/mol. The molecular weight excluding hydrogens is 148 g/mol. The molecule has 0 aliphatic heterocycles. The molecule has 2 N–H and O–H groups in total. The van der Waals surface area contributed by atoms with E-state index in [-0.39, 0.29) is 18.6 Å². The Morgan fingerprint density at radius 3 is 2.73 bits per heavy atom. The molecular formula is C6H12N2O3. The van der Waals surface area contributed by atoms with Crippen molar-refractivity contribution in [3.05, 3.63) is 0 Å². The Morgan fingerprint density at radius 1 is 1.73 bits per heavy atom. The van der Waals surface area contributed by atoms with Gasteiger partial charge < -0.3 is 10.1 Å². The van der Waals surface area contributed by atoms with Crippen LogP contribution in [0.15, 0.2) is 0 Å². The Kier molecular flexibility index (Phi) is 5.32. The number of aldehydes is 1. The van der Waals surface area contributed by atoms with E-state index in [2.05, 4.69) is 15.6 Å². The zero-order valence-corrected chi connectivity index (χ0v) is 6.59. The maximum atomic E-state index is 10.3. The fourth-order valence-electron chi connectivity index (χ4n) is 0.424. The predicted octanol–water partition coefficient (Wildman–Crippen LogP) is -1.16. The van der Waals surface area contributed by atoms with E-state index < -0.39 is 0 Å². The summed E-state index contributed by atoms with van der Waals surface area (Å²) < 4.78 is 0. The highest BCUT2D eigenvalue weighted by Gasteiger charge is 2.03. The number of rotatable bonds is 5. The molecule has 5 heteroatoms. The van der Waals surface area contributed by atoms with Crippen molar-refractivity contribution in [2.24, 2.45) is 0 Å². The minimum atomic E-state index is -0.373. The van der Waals surface area contributed by atoms with Gasteiger partial charge in [-0.2, -0.15) is 0 Å². The predicted molar refractivity (Wildman–Crippen MR) is 38.7 cm³/mol. The molecule has 0 aliphatic rings. The second kappa shape index (κ2) is 5.82. The van der Waals surface area contributed by atoms with Crippen LogP contribution in [0, 0.1) is 0 Å². The van der Waals surface area contributed by atoms with Gasteiger partial charge in [0.25, 0.3) is 0 Å². The van der Waals surface area contributed by atoms with Crippen molar-refractivity contribution in [2.75, 3.05) is 13.7 Å². The van der Waals surface area contributed by atoms with Gasteiger partial charge in [0.2, 0.25) is 5.91 Å². The highest BCUT2D eigenvalue weighted by molar-refractivity contribution is 5.71. The van der Waals surface area contributed by atoms with Crippen LogP contribution in [0.25, 0.3) is 0 Å². The summed E-state index contributed by atoms with van der Waals surface area (Å²) in [6.45, 7) is 1.47. The SMILES string of the molecule is CNC(C=O)CONC(C)=O. The highest BCUT2D eigenvalue weighted by atomic mass is 16.7. The third-order valence-electron chi connectivity index (χ3n) is 1.01. The lowest BCUT2D eigenvalue weighted by Gasteiger charge is -2.08. The van der Waals surface area contributed by atoms with Crippen molar-refractivity contribution in [3.8, 4) is 0 Å². The molecule has 1 unspecified atom stereocenters. The van der Waals surface area contributed by atoms with E-state index >= 15 is 0 Å². The number of carbonyl (C=O) groups is 2. The van der Waals surface area contributed by atoms with Gasteiger partial charge in [-0.05, 0) is 7.05 Å². The van der Waals surface area contributed by atoms with Gasteiger partial charge in [0.05, 0.1) is 12.6 Å². The van der Waals surface area contributed by atoms with Crippen LogP contribution in [0.1, 0.15) is 6.92 Å². The van der Waals surface area contributed by atoms with Crippen LogP contribution in [0.3, 0.4) is 0 Å². The number of likely N-dealkylation sites (N-methyl/N-ethyl adjacent to an activating group) is 1. The number of amides is 1. The molecule has 0 aliphatic carbocycles. The van der Waals surface area contributed by atoms with E-state index in [0.717, 1.165) is 0 Å². The molecule has 1 atom stereocenters. The standard InChI is InChI=1S/C6H12N2O3/c1-5(10)8-11-4-6(3-9)7-2/h3,6-7H,4H2,1-2H3,(H,8,10). The first kappa shape index (κ1) is 10.1. The number of hydroxylamine groups is 1. The molecule has 0 rings (SSSR count). The zero-order chi connectivity index (χ0) is 8.69. The molecule has 0 fully saturated rings. The first-order valence-electron chi connectivity index (χ1n) is 3.21. The van der Waals surface area contributed by atoms with Crippen LogP contribution in [0.4, 0.5) is 0 Å². The molecule has 64 valence electrons. The van der Waals surface area contributed by atoms with Gasteiger partial charge in [0.15, 0.2) is 0 Å². The Balaban J connectivity index is 3.35. The molecule has 0 bridgehead atoms. The number of hydrogen-bond acceptors (Lipinski definition) is 4. The molecule has 0 aromatic rings. The lowest BCUT2D eigenvalue weighted by atomic mass is 10.4. The number of nitrogens with one attached hydrogen (secondary N) is 2. The first-order valence-corrected chi connectivity index (χ1v) is 3.21. The second-order valence-electron chi connectivity index (χ2n) is 2.00. The van der Waals surface area contributed by atoms with Crippen molar-refractivity contribution in [3.63, 3.8) is 0 Å². The van der Waals surface area contributed by atoms with E-state index in [4.69, 9.17) is 0 Å². The number of hydrogen-bond donors (Lipinski definition) is 2. The Labute approximate surface area is 65.1 Å². The molecule has 0 spiro atoms. The quantitative estimate of drug-likeness (QED) is 0.393. The summed E-state index contributed by atoms with van der Waals surface area (Å²) in [5, 5.41) is 2.68. The van der Waals surface area contributed by atoms with Crippen LogP contribution in [0.5, 0.6) is 0 Å². The fraction of sp³-hybridized carbons (Fsp3) is 0.667. The topological polar surface area (TPSA) is 67.4 Å². The van der Waals surface area contributed by atoms with E-state index in [0.29, 0.717) is 6.29 Å². The molecule has 0 aromatic carbocycles.